The van der Waals surface area contributed by atoms with Crippen LogP contribution in [0.5, 0.6) is 0 Å². The molecule has 0 aliphatic carbocycles. The highest BCUT2D eigenvalue weighted by Gasteiger charge is 2.34. The Morgan fingerprint density at radius 2 is 1.94 bits per heavy atom. The van der Waals surface area contributed by atoms with E-state index in [-0.39, 0.29) is 11.4 Å². The molecule has 0 saturated heterocycles. The number of anilines is 1. The number of rotatable bonds is 2. The van der Waals surface area contributed by atoms with Crippen LogP contribution in [0.25, 0.3) is 0 Å². The van der Waals surface area contributed by atoms with Gasteiger partial charge in [-0.2, -0.15) is 5.26 Å². The third kappa shape index (κ3) is 2.75. The van der Waals surface area contributed by atoms with Gasteiger partial charge in [0.25, 0.3) is 5.69 Å². The van der Waals surface area contributed by atoms with E-state index in [0.717, 1.165) is 4.90 Å². The Labute approximate surface area is 104 Å². The summed E-state index contributed by atoms with van der Waals surface area (Å²) in [5.41, 5.74) is -0.960. The van der Waals surface area contributed by atoms with Gasteiger partial charge in [-0.1, -0.05) is 12.1 Å². The molecule has 1 rings (SSSR count). The number of carbonyl (C=O) groups excluding carboxylic acids is 1. The minimum Gasteiger partial charge on any atom is -0.278 e. The number of benzene rings is 1. The molecule has 0 atom stereocenters. The van der Waals surface area contributed by atoms with Crippen LogP contribution in [0.15, 0.2) is 24.3 Å². The Hall–Kier alpha value is -2.15. The van der Waals surface area contributed by atoms with Crippen molar-refractivity contribution in [2.45, 2.75) is 26.3 Å². The summed E-state index contributed by atoms with van der Waals surface area (Å²) in [7, 11) is 0. The van der Waals surface area contributed by atoms with Crippen molar-refractivity contribution in [2.75, 3.05) is 4.90 Å². The van der Waals surface area contributed by atoms with E-state index in [1.54, 1.807) is 26.8 Å². The minimum absolute atomic E-state index is 0.0639. The van der Waals surface area contributed by atoms with Gasteiger partial charge in [-0.05, 0) is 26.8 Å². The standard InChI is InChI=1S/C11H14N2O5/c1-11(2,3)12(10(14)18-17)8-6-4-5-7-9(8)13(15)16/h4-7,17H,1-3H3. The van der Waals surface area contributed by atoms with Crippen molar-refractivity contribution in [1.29, 1.82) is 0 Å². The van der Waals surface area contributed by atoms with Crippen molar-refractivity contribution < 1.29 is 19.9 Å². The normalized spacial score (nSPS) is 10.9. The predicted octanol–water partition coefficient (Wildman–Crippen LogP) is 2.81. The third-order valence-electron chi connectivity index (χ3n) is 2.25. The maximum atomic E-state index is 11.6. The first kappa shape index (κ1) is 13.9. The Morgan fingerprint density at radius 1 is 1.39 bits per heavy atom. The first-order valence-electron chi connectivity index (χ1n) is 5.18. The summed E-state index contributed by atoms with van der Waals surface area (Å²) in [6.45, 7) is 5.00. The van der Waals surface area contributed by atoms with Crippen LogP contribution in [0.3, 0.4) is 0 Å². The Morgan fingerprint density at radius 3 is 2.39 bits per heavy atom. The van der Waals surface area contributed by atoms with Crippen LogP contribution in [-0.2, 0) is 4.89 Å². The summed E-state index contributed by atoms with van der Waals surface area (Å²) < 4.78 is 0. The van der Waals surface area contributed by atoms with E-state index in [4.69, 9.17) is 5.26 Å². The third-order valence-corrected chi connectivity index (χ3v) is 2.25. The van der Waals surface area contributed by atoms with Crippen LogP contribution >= 0.6 is 0 Å². The zero-order valence-corrected chi connectivity index (χ0v) is 10.3. The van der Waals surface area contributed by atoms with Gasteiger partial charge in [0.1, 0.15) is 5.69 Å². The maximum Gasteiger partial charge on any atom is 0.446 e. The highest BCUT2D eigenvalue weighted by molar-refractivity contribution is 5.91. The topological polar surface area (TPSA) is 92.9 Å². The molecular weight excluding hydrogens is 240 g/mol. The molecule has 0 saturated carbocycles. The molecule has 1 amide bonds. The van der Waals surface area contributed by atoms with Gasteiger partial charge < -0.3 is 0 Å². The fraction of sp³-hybridized carbons (Fsp3) is 0.364. The van der Waals surface area contributed by atoms with Crippen LogP contribution in [0.2, 0.25) is 0 Å². The molecule has 1 aromatic carbocycles. The first-order valence-corrected chi connectivity index (χ1v) is 5.18. The van der Waals surface area contributed by atoms with E-state index in [2.05, 4.69) is 4.89 Å². The van der Waals surface area contributed by atoms with Crippen molar-refractivity contribution in [3.63, 3.8) is 0 Å². The number of para-hydroxylation sites is 2. The molecule has 0 radical (unpaired) electrons. The molecule has 98 valence electrons. The van der Waals surface area contributed by atoms with Crippen LogP contribution in [-0.4, -0.2) is 21.8 Å². The van der Waals surface area contributed by atoms with E-state index in [9.17, 15) is 14.9 Å². The molecule has 0 fully saturated rings. The Kier molecular flexibility index (Phi) is 3.87. The lowest BCUT2D eigenvalue weighted by Gasteiger charge is -2.32. The van der Waals surface area contributed by atoms with Crippen LogP contribution in [0.4, 0.5) is 16.2 Å². The average molecular weight is 254 g/mol. The monoisotopic (exact) mass is 254 g/mol. The van der Waals surface area contributed by atoms with Gasteiger partial charge in [0.2, 0.25) is 0 Å². The summed E-state index contributed by atoms with van der Waals surface area (Å²) in [6.07, 6.45) is -1.07. The highest BCUT2D eigenvalue weighted by atomic mass is 17.1. The molecule has 0 heterocycles. The van der Waals surface area contributed by atoms with E-state index in [1.165, 1.54) is 18.2 Å². The Bertz CT molecular complexity index is 467. The number of carbonyl (C=O) groups is 1. The second kappa shape index (κ2) is 5.01. The van der Waals surface area contributed by atoms with Gasteiger partial charge >= 0.3 is 6.09 Å². The molecule has 18 heavy (non-hydrogen) atoms. The summed E-state index contributed by atoms with van der Waals surface area (Å²) in [5.74, 6) is 0. The largest absolute Gasteiger partial charge is 0.446 e. The second-order valence-corrected chi connectivity index (χ2v) is 4.61. The van der Waals surface area contributed by atoms with Crippen molar-refractivity contribution in [1.82, 2.24) is 0 Å². The average Bonchev–Trinajstić information content (AvgIpc) is 2.27. The number of amides is 1. The van der Waals surface area contributed by atoms with E-state index < -0.39 is 16.6 Å². The first-order chi connectivity index (χ1) is 8.29. The SMILES string of the molecule is CC(C)(C)N(C(=O)OO)c1ccccc1[N+](=O)[O-]. The van der Waals surface area contributed by atoms with Crippen molar-refractivity contribution in [3.8, 4) is 0 Å². The van der Waals surface area contributed by atoms with Crippen molar-refractivity contribution in [3.05, 3.63) is 34.4 Å². The molecule has 0 aromatic heterocycles. The zero-order chi connectivity index (χ0) is 13.9. The van der Waals surface area contributed by atoms with Gasteiger partial charge in [0.15, 0.2) is 0 Å². The number of nitro groups is 1. The fourth-order valence-corrected chi connectivity index (χ4v) is 1.58. The van der Waals surface area contributed by atoms with Gasteiger partial charge in [-0.15, -0.1) is 0 Å². The molecular formula is C11H14N2O5. The molecule has 0 spiro atoms. The molecule has 7 heteroatoms. The van der Waals surface area contributed by atoms with E-state index in [1.807, 2.05) is 0 Å². The summed E-state index contributed by atoms with van der Waals surface area (Å²) >= 11 is 0. The lowest BCUT2D eigenvalue weighted by Crippen LogP contribution is -2.46. The van der Waals surface area contributed by atoms with Crippen molar-refractivity contribution >= 4 is 17.5 Å². The van der Waals surface area contributed by atoms with E-state index in [0.29, 0.717) is 0 Å². The van der Waals surface area contributed by atoms with Gasteiger partial charge in [-0.3, -0.25) is 19.9 Å². The number of nitro benzene ring substituents is 1. The fourth-order valence-electron chi connectivity index (χ4n) is 1.58. The Balaban J connectivity index is 3.39. The smallest absolute Gasteiger partial charge is 0.278 e. The van der Waals surface area contributed by atoms with Crippen molar-refractivity contribution in [2.24, 2.45) is 0 Å². The highest BCUT2D eigenvalue weighted by Crippen LogP contribution is 2.32. The molecule has 1 N–H and O–H groups in total. The maximum absolute atomic E-state index is 11.6. The lowest BCUT2D eigenvalue weighted by atomic mass is 10.0. The number of hydrogen-bond acceptors (Lipinski definition) is 5. The summed E-state index contributed by atoms with van der Waals surface area (Å²) in [4.78, 5) is 26.6. The van der Waals surface area contributed by atoms with Gasteiger partial charge in [0.05, 0.1) is 4.92 Å². The minimum atomic E-state index is -1.07. The zero-order valence-electron chi connectivity index (χ0n) is 10.3. The van der Waals surface area contributed by atoms with Crippen LogP contribution in [0, 0.1) is 10.1 Å². The molecule has 1 aromatic rings. The van der Waals surface area contributed by atoms with Gasteiger partial charge in [0, 0.05) is 11.6 Å². The van der Waals surface area contributed by atoms with Crippen LogP contribution < -0.4 is 4.90 Å². The molecule has 0 unspecified atom stereocenters. The quantitative estimate of drug-likeness (QED) is 0.497. The lowest BCUT2D eigenvalue weighted by molar-refractivity contribution is -0.384. The molecule has 0 aliphatic rings. The molecule has 7 nitrogen and oxygen atoms in total. The molecule has 0 aliphatic heterocycles. The summed E-state index contributed by atoms with van der Waals surface area (Å²) in [5, 5.41) is 19.4. The second-order valence-electron chi connectivity index (χ2n) is 4.61. The number of hydrogen-bond donors (Lipinski definition) is 1. The van der Waals surface area contributed by atoms with Crippen LogP contribution in [0.1, 0.15) is 20.8 Å². The molecule has 0 bridgehead atoms. The predicted molar refractivity (Wildman–Crippen MR) is 64.4 cm³/mol. The number of nitrogens with zero attached hydrogens (tertiary/aromatic N) is 2. The van der Waals surface area contributed by atoms with Gasteiger partial charge in [-0.25, -0.2) is 4.79 Å². The summed E-state index contributed by atoms with van der Waals surface area (Å²) in [6, 6.07) is 5.75. The van der Waals surface area contributed by atoms with E-state index >= 15 is 0 Å².